The molecule has 0 amide bonds. The van der Waals surface area contributed by atoms with Crippen LogP contribution in [0.5, 0.6) is 5.75 Å². The number of hydrogen-bond donors (Lipinski definition) is 3. The third-order valence-corrected chi connectivity index (χ3v) is 10.7. The molecule has 3 aromatic carbocycles. The van der Waals surface area contributed by atoms with Crippen LogP contribution in [0.15, 0.2) is 78.9 Å². The Morgan fingerprint density at radius 2 is 1.37 bits per heavy atom. The summed E-state index contributed by atoms with van der Waals surface area (Å²) < 4.78 is 37.6. The van der Waals surface area contributed by atoms with E-state index in [1.54, 1.807) is 34.8 Å². The average Bonchev–Trinajstić information content (AvgIpc) is 3.46. The van der Waals surface area contributed by atoms with Gasteiger partial charge in [-0.2, -0.15) is 0 Å². The number of esters is 2. The van der Waals surface area contributed by atoms with Crippen LogP contribution in [0.3, 0.4) is 0 Å². The van der Waals surface area contributed by atoms with Crippen molar-refractivity contribution in [3.63, 3.8) is 0 Å². The third-order valence-electron chi connectivity index (χ3n) is 7.72. The molecular weight excluding hydrogens is 687 g/mol. The van der Waals surface area contributed by atoms with E-state index in [1.807, 2.05) is 85.8 Å². The summed E-state index contributed by atoms with van der Waals surface area (Å²) in [5, 5.41) is 6.54. The molecule has 4 rings (SSSR count). The molecule has 1 aromatic heterocycles. The molecule has 0 radical (unpaired) electrons. The first-order chi connectivity index (χ1) is 24.4. The topological polar surface area (TPSA) is 151 Å². The summed E-state index contributed by atoms with van der Waals surface area (Å²) in [6.45, 7) is 9.14. The summed E-state index contributed by atoms with van der Waals surface area (Å²) in [6, 6.07) is 22.5. The van der Waals surface area contributed by atoms with Gasteiger partial charge in [0.15, 0.2) is 5.13 Å². The molecule has 274 valence electrons. The van der Waals surface area contributed by atoms with Crippen molar-refractivity contribution in [3.05, 3.63) is 101 Å². The molecule has 0 fully saturated rings. The summed E-state index contributed by atoms with van der Waals surface area (Å²) in [5.41, 5.74) is 10.6. The number of aromatic nitrogens is 1. The van der Waals surface area contributed by atoms with Crippen molar-refractivity contribution in [3.8, 4) is 16.2 Å². The Balaban J connectivity index is 1.61. The van der Waals surface area contributed by atoms with Gasteiger partial charge in [-0.25, -0.2) is 15.2 Å². The van der Waals surface area contributed by atoms with E-state index in [0.717, 1.165) is 38.6 Å². The minimum absolute atomic E-state index is 0.137. The summed E-state index contributed by atoms with van der Waals surface area (Å²) in [5.74, 6) is -0.393. The lowest BCUT2D eigenvalue weighted by atomic mass is 10.0. The molecular formula is C38H49N4O7PS. The highest BCUT2D eigenvalue weighted by Crippen LogP contribution is 2.40. The zero-order chi connectivity index (χ0) is 37.0. The molecule has 4 aromatic rings. The van der Waals surface area contributed by atoms with Crippen molar-refractivity contribution in [1.82, 2.24) is 15.2 Å². The molecule has 0 aliphatic rings. The van der Waals surface area contributed by atoms with Gasteiger partial charge in [0.1, 0.15) is 24.2 Å². The molecule has 0 spiro atoms. The molecule has 51 heavy (non-hydrogen) atoms. The predicted molar refractivity (Wildman–Crippen MR) is 202 cm³/mol. The van der Waals surface area contributed by atoms with Crippen molar-refractivity contribution >= 4 is 35.9 Å². The SMILES string of the molecule is COc1ccc(-c2sc(N)nc2CCOCP(=O)(N[C@@H](Cc2ccccc2)C(=O)OC(C)C)N[C@@H](Cc2ccccc2)C(=O)OC(C)C)c(C)c1. The second-order valence-electron chi connectivity index (χ2n) is 12.7. The first-order valence-corrected chi connectivity index (χ1v) is 19.7. The van der Waals surface area contributed by atoms with Gasteiger partial charge >= 0.3 is 11.9 Å². The number of aryl methyl sites for hydroxylation is 1. The van der Waals surface area contributed by atoms with E-state index in [4.69, 9.17) is 24.7 Å². The number of ether oxygens (including phenoxy) is 4. The quantitative estimate of drug-likeness (QED) is 0.0535. The van der Waals surface area contributed by atoms with Gasteiger partial charge in [0.05, 0.1) is 36.5 Å². The number of thiazole rings is 1. The Bertz CT molecular complexity index is 1700. The third kappa shape index (κ3) is 12.3. The highest BCUT2D eigenvalue weighted by Gasteiger charge is 2.36. The molecule has 0 saturated heterocycles. The van der Waals surface area contributed by atoms with Crippen LogP contribution in [0.2, 0.25) is 0 Å². The molecule has 0 aliphatic carbocycles. The maximum Gasteiger partial charge on any atom is 0.324 e. The molecule has 11 nitrogen and oxygen atoms in total. The molecule has 2 atom stereocenters. The van der Waals surface area contributed by atoms with Crippen molar-refractivity contribution < 1.29 is 33.1 Å². The number of nitrogens with one attached hydrogen (secondary N) is 2. The van der Waals surface area contributed by atoms with Crippen LogP contribution in [0.25, 0.3) is 10.4 Å². The molecule has 0 saturated carbocycles. The largest absolute Gasteiger partial charge is 0.497 e. The van der Waals surface area contributed by atoms with Crippen LogP contribution in [0, 0.1) is 6.92 Å². The van der Waals surface area contributed by atoms with Gasteiger partial charge in [-0.1, -0.05) is 72.0 Å². The maximum atomic E-state index is 15.0. The first kappa shape index (κ1) is 39.7. The van der Waals surface area contributed by atoms with Gasteiger partial charge in [-0.05, 0) is 87.9 Å². The maximum absolute atomic E-state index is 15.0. The highest BCUT2D eigenvalue weighted by molar-refractivity contribution is 7.59. The summed E-state index contributed by atoms with van der Waals surface area (Å²) in [4.78, 5) is 32.4. The summed E-state index contributed by atoms with van der Waals surface area (Å²) in [7, 11) is -2.26. The number of methoxy groups -OCH3 is 1. The lowest BCUT2D eigenvalue weighted by Crippen LogP contribution is -2.47. The standard InChI is InChI=1S/C38H49N4O7PS/c1-25(2)48-36(43)33(22-28-13-9-7-10-14-28)41-50(45,42-34(37(44)49-26(3)4)23-29-15-11-8-12-16-29)24-47-20-19-32-35(51-38(39)40-32)31-18-17-30(46-6)21-27(31)5/h7-18,21,25-26,33-34H,19-20,22-24H2,1-6H3,(H2,39,40)(H2,41,42,45)/t33-,34-/m0/s1. The van der Waals surface area contributed by atoms with Crippen LogP contribution < -0.4 is 20.6 Å². The lowest BCUT2D eigenvalue weighted by molar-refractivity contribution is -0.150. The van der Waals surface area contributed by atoms with Crippen molar-refractivity contribution in [2.45, 2.75) is 78.2 Å². The van der Waals surface area contributed by atoms with E-state index in [0.29, 0.717) is 11.6 Å². The molecule has 0 aliphatic heterocycles. The number of anilines is 1. The van der Waals surface area contributed by atoms with E-state index in [2.05, 4.69) is 15.2 Å². The monoisotopic (exact) mass is 736 g/mol. The molecule has 1 heterocycles. The smallest absolute Gasteiger partial charge is 0.324 e. The molecule has 4 N–H and O–H groups in total. The summed E-state index contributed by atoms with van der Waals surface area (Å²) in [6.07, 6.45) is -0.380. The van der Waals surface area contributed by atoms with Crippen LogP contribution in [0.1, 0.15) is 50.1 Å². The van der Waals surface area contributed by atoms with Crippen LogP contribution in [-0.4, -0.2) is 61.3 Å². The van der Waals surface area contributed by atoms with Crippen molar-refractivity contribution in [2.24, 2.45) is 0 Å². The van der Waals surface area contributed by atoms with E-state index in [1.165, 1.54) is 11.3 Å². The number of carbonyl (C=O) groups excluding carboxylic acids is 2. The minimum atomic E-state index is -3.88. The van der Waals surface area contributed by atoms with E-state index in [9.17, 15) is 14.2 Å². The number of nitrogens with two attached hydrogens (primary N) is 1. The van der Waals surface area contributed by atoms with Gasteiger partial charge in [0.25, 0.3) is 0 Å². The Hall–Kier alpha value is -4.06. The Labute approximate surface area is 304 Å². The first-order valence-electron chi connectivity index (χ1n) is 17.0. The fraction of sp³-hybridized carbons (Fsp3) is 0.395. The van der Waals surface area contributed by atoms with Gasteiger partial charge < -0.3 is 24.7 Å². The molecule has 0 unspecified atom stereocenters. The fourth-order valence-corrected chi connectivity index (χ4v) is 8.42. The van der Waals surface area contributed by atoms with Gasteiger partial charge in [-0.15, -0.1) is 0 Å². The fourth-order valence-electron chi connectivity index (χ4n) is 5.44. The van der Waals surface area contributed by atoms with Gasteiger partial charge in [-0.3, -0.25) is 14.2 Å². The molecule has 13 heteroatoms. The Morgan fingerprint density at radius 1 is 0.843 bits per heavy atom. The van der Waals surface area contributed by atoms with Gasteiger partial charge in [0, 0.05) is 6.42 Å². The molecule has 0 bridgehead atoms. The predicted octanol–water partition coefficient (Wildman–Crippen LogP) is 6.72. The number of nitrogens with zero attached hydrogens (tertiary/aromatic N) is 1. The van der Waals surface area contributed by atoms with Crippen LogP contribution in [-0.2, 0) is 47.6 Å². The number of hydrogen-bond acceptors (Lipinski definition) is 10. The van der Waals surface area contributed by atoms with Crippen molar-refractivity contribution in [2.75, 3.05) is 25.8 Å². The lowest BCUT2D eigenvalue weighted by Gasteiger charge is -2.29. The summed E-state index contributed by atoms with van der Waals surface area (Å²) >= 11 is 1.38. The van der Waals surface area contributed by atoms with Gasteiger partial charge in [0.2, 0.25) is 7.44 Å². The van der Waals surface area contributed by atoms with E-state index in [-0.39, 0.29) is 25.8 Å². The highest BCUT2D eigenvalue weighted by atomic mass is 32.1. The van der Waals surface area contributed by atoms with Crippen LogP contribution in [0.4, 0.5) is 5.13 Å². The second kappa shape index (κ2) is 19.0. The van der Waals surface area contributed by atoms with E-state index < -0.39 is 43.7 Å². The zero-order valence-electron chi connectivity index (χ0n) is 30.1. The minimum Gasteiger partial charge on any atom is -0.497 e. The zero-order valence-corrected chi connectivity index (χ0v) is 31.8. The Kier molecular flexibility index (Phi) is 14.8. The van der Waals surface area contributed by atoms with E-state index >= 15 is 0 Å². The second-order valence-corrected chi connectivity index (χ2v) is 16.0. The number of rotatable bonds is 19. The number of nitrogen functional groups attached to an aromatic ring is 1. The van der Waals surface area contributed by atoms with Crippen LogP contribution >= 0.6 is 18.8 Å². The van der Waals surface area contributed by atoms with Crippen molar-refractivity contribution in [1.29, 1.82) is 0 Å². The normalized spacial score (nSPS) is 12.9. The average molecular weight is 737 g/mol. The Morgan fingerprint density at radius 3 is 1.84 bits per heavy atom. The number of benzene rings is 3. The number of carbonyl (C=O) groups is 2.